The first kappa shape index (κ1) is 23.4. The van der Waals surface area contributed by atoms with Crippen molar-refractivity contribution in [1.29, 1.82) is 0 Å². The van der Waals surface area contributed by atoms with Gasteiger partial charge in [0.2, 0.25) is 0 Å². The molecule has 0 aromatic rings. The van der Waals surface area contributed by atoms with Crippen LogP contribution in [0.1, 0.15) is 19.3 Å². The Hall–Kier alpha value is 0.154. The van der Waals surface area contributed by atoms with Gasteiger partial charge in [0.05, 0.1) is 0 Å². The molecule has 4 N–H and O–H groups in total. The third-order valence-electron chi connectivity index (χ3n) is 3.04. The Bertz CT molecular complexity index is 200. The first-order valence-electron chi connectivity index (χ1n) is 7.20. The highest BCUT2D eigenvalue weighted by atomic mass is 28.4. The molecule has 0 saturated heterocycles. The van der Waals surface area contributed by atoms with Gasteiger partial charge in [-0.05, 0) is 32.0 Å². The van der Waals surface area contributed by atoms with Crippen molar-refractivity contribution in [2.45, 2.75) is 31.4 Å². The van der Waals surface area contributed by atoms with Gasteiger partial charge in [0.15, 0.2) is 0 Å². The van der Waals surface area contributed by atoms with Crippen LogP contribution >= 0.6 is 0 Å². The lowest BCUT2D eigenvalue weighted by Gasteiger charge is -2.23. The Labute approximate surface area is 132 Å². The van der Waals surface area contributed by atoms with Crippen molar-refractivity contribution in [2.75, 3.05) is 48.6 Å². The Morgan fingerprint density at radius 3 is 1.57 bits per heavy atom. The summed E-state index contributed by atoms with van der Waals surface area (Å²) < 4.78 is 25.8. The van der Waals surface area contributed by atoms with Gasteiger partial charge in [0.25, 0.3) is 0 Å². The number of rotatable bonds is 12. The molecule has 9 heteroatoms. The summed E-state index contributed by atoms with van der Waals surface area (Å²) in [5, 5.41) is 0. The molecule has 0 spiro atoms. The zero-order valence-electron chi connectivity index (χ0n) is 14.2. The molecule has 0 aliphatic rings. The average molecular weight is 343 g/mol. The van der Waals surface area contributed by atoms with Crippen LogP contribution < -0.4 is 11.5 Å². The third-order valence-corrected chi connectivity index (χ3v) is 7.80. The van der Waals surface area contributed by atoms with Gasteiger partial charge < -0.3 is 33.6 Å². The summed E-state index contributed by atoms with van der Waals surface area (Å²) in [7, 11) is 4.65. The van der Waals surface area contributed by atoms with Crippen LogP contribution in [0.15, 0.2) is 0 Å². The molecule has 21 heavy (non-hydrogen) atoms. The summed E-state index contributed by atoms with van der Waals surface area (Å²) in [5.41, 5.74) is 10.7. The second-order valence-electron chi connectivity index (χ2n) is 4.37. The van der Waals surface area contributed by atoms with Crippen molar-refractivity contribution >= 4 is 18.1 Å². The molecule has 130 valence electrons. The van der Waals surface area contributed by atoms with Crippen LogP contribution in [0.5, 0.6) is 0 Å². The molecule has 0 fully saturated rings. The van der Waals surface area contributed by atoms with Crippen molar-refractivity contribution in [1.82, 2.24) is 0 Å². The van der Waals surface area contributed by atoms with Gasteiger partial charge in [0.1, 0.15) is 0 Å². The molecule has 0 rings (SSSR count). The van der Waals surface area contributed by atoms with E-state index in [1.54, 1.807) is 35.5 Å². The summed E-state index contributed by atoms with van der Waals surface area (Å²) in [6.45, 7) is 1.42. The lowest BCUT2D eigenvalue weighted by Crippen LogP contribution is -2.42. The molecule has 0 aromatic heterocycles. The second-order valence-corrected chi connectivity index (χ2v) is 9.84. The van der Waals surface area contributed by atoms with E-state index in [9.17, 15) is 0 Å². The van der Waals surface area contributed by atoms with E-state index in [4.69, 9.17) is 33.6 Å². The van der Waals surface area contributed by atoms with Crippen molar-refractivity contribution in [3.05, 3.63) is 0 Å². The SMILES string of the molecule is CO[SiH](CCCCN)OC.CO[Si](CCCN)(OC)OC. The predicted molar refractivity (Wildman–Crippen MR) is 89.5 cm³/mol. The summed E-state index contributed by atoms with van der Waals surface area (Å²) in [6.07, 6.45) is 3.09. The van der Waals surface area contributed by atoms with Crippen LogP contribution in [-0.4, -0.2) is 66.7 Å². The normalized spacial score (nSPS) is 11.4. The van der Waals surface area contributed by atoms with E-state index in [1.807, 2.05) is 0 Å². The van der Waals surface area contributed by atoms with Gasteiger partial charge in [-0.3, -0.25) is 0 Å². The van der Waals surface area contributed by atoms with E-state index in [0.717, 1.165) is 37.9 Å². The maximum atomic E-state index is 5.36. The molecule has 0 amide bonds. The van der Waals surface area contributed by atoms with Crippen LogP contribution in [0.4, 0.5) is 0 Å². The number of hydrogen-bond acceptors (Lipinski definition) is 7. The molecule has 0 heterocycles. The first-order chi connectivity index (χ1) is 10.1. The fourth-order valence-corrected chi connectivity index (χ4v) is 4.70. The fraction of sp³-hybridized carbons (Fsp3) is 1.00. The van der Waals surface area contributed by atoms with Gasteiger partial charge in [-0.1, -0.05) is 6.42 Å². The fourth-order valence-electron chi connectivity index (χ4n) is 1.66. The first-order valence-corrected chi connectivity index (χ1v) is 10.9. The zero-order valence-corrected chi connectivity index (χ0v) is 16.4. The summed E-state index contributed by atoms with van der Waals surface area (Å²) in [4.78, 5) is 0. The number of hydrogen-bond donors (Lipinski definition) is 2. The lowest BCUT2D eigenvalue weighted by atomic mass is 10.3. The Kier molecular flexibility index (Phi) is 18.4. The van der Waals surface area contributed by atoms with Gasteiger partial charge >= 0.3 is 18.1 Å². The van der Waals surface area contributed by atoms with E-state index in [1.165, 1.54) is 0 Å². The number of nitrogens with two attached hydrogens (primary N) is 2. The topological polar surface area (TPSA) is 98.2 Å². The summed E-state index contributed by atoms with van der Waals surface area (Å²) >= 11 is 0. The van der Waals surface area contributed by atoms with E-state index in [0.29, 0.717) is 6.54 Å². The van der Waals surface area contributed by atoms with Crippen LogP contribution in [0, 0.1) is 0 Å². The molecule has 0 radical (unpaired) electrons. The maximum Gasteiger partial charge on any atom is 0.500 e. The number of unbranched alkanes of at least 4 members (excludes halogenated alkanes) is 1. The standard InChI is InChI=1S/C6H17NO3Si.C6H17NO2Si/c1-8-11(9-2,10-3)6-4-5-7;1-8-10(9-2)6-4-3-5-7/h4-7H2,1-3H3;10H,3-7H2,1-2H3. The smallest absolute Gasteiger partial charge is 0.400 e. The van der Waals surface area contributed by atoms with Gasteiger partial charge in [-0.25, -0.2) is 0 Å². The highest BCUT2D eigenvalue weighted by molar-refractivity contribution is 6.60. The third kappa shape index (κ3) is 12.4. The van der Waals surface area contributed by atoms with Crippen molar-refractivity contribution in [3.63, 3.8) is 0 Å². The quantitative estimate of drug-likeness (QED) is 0.392. The summed E-state index contributed by atoms with van der Waals surface area (Å²) in [5.74, 6) is 0. The Morgan fingerprint density at radius 2 is 1.24 bits per heavy atom. The van der Waals surface area contributed by atoms with Crippen molar-refractivity contribution in [2.24, 2.45) is 11.5 Å². The Balaban J connectivity index is 0. The van der Waals surface area contributed by atoms with Crippen LogP contribution in [0.25, 0.3) is 0 Å². The van der Waals surface area contributed by atoms with Crippen LogP contribution in [0.3, 0.4) is 0 Å². The average Bonchev–Trinajstić information content (AvgIpc) is 2.54. The van der Waals surface area contributed by atoms with E-state index in [-0.39, 0.29) is 0 Å². The zero-order chi connectivity index (χ0) is 16.6. The molecule has 0 aliphatic carbocycles. The highest BCUT2D eigenvalue weighted by Crippen LogP contribution is 2.13. The highest BCUT2D eigenvalue weighted by Gasteiger charge is 2.36. The van der Waals surface area contributed by atoms with Gasteiger partial charge in [0, 0.05) is 41.6 Å². The van der Waals surface area contributed by atoms with Gasteiger partial charge in [-0.15, -0.1) is 0 Å². The lowest BCUT2D eigenvalue weighted by molar-refractivity contribution is 0.123. The van der Waals surface area contributed by atoms with Crippen molar-refractivity contribution in [3.8, 4) is 0 Å². The molecule has 0 atom stereocenters. The Morgan fingerprint density at radius 1 is 0.762 bits per heavy atom. The van der Waals surface area contributed by atoms with Gasteiger partial charge in [-0.2, -0.15) is 0 Å². The second kappa shape index (κ2) is 16.5. The molecule has 7 nitrogen and oxygen atoms in total. The van der Waals surface area contributed by atoms with Crippen LogP contribution in [-0.2, 0) is 22.1 Å². The minimum atomic E-state index is -2.32. The molecule has 0 unspecified atom stereocenters. The van der Waals surface area contributed by atoms with E-state index < -0.39 is 18.1 Å². The molecule has 0 saturated carbocycles. The molecule has 0 aliphatic heterocycles. The summed E-state index contributed by atoms with van der Waals surface area (Å²) in [6, 6.07) is 1.86. The molecule has 0 bridgehead atoms. The monoisotopic (exact) mass is 342 g/mol. The minimum Gasteiger partial charge on any atom is -0.400 e. The maximum absolute atomic E-state index is 5.36. The largest absolute Gasteiger partial charge is 0.500 e. The van der Waals surface area contributed by atoms with Crippen LogP contribution in [0.2, 0.25) is 12.1 Å². The molecule has 0 aromatic carbocycles. The molecular weight excluding hydrogens is 308 g/mol. The van der Waals surface area contributed by atoms with Crippen molar-refractivity contribution < 1.29 is 22.1 Å². The van der Waals surface area contributed by atoms with E-state index >= 15 is 0 Å². The minimum absolute atomic E-state index is 0.644. The van der Waals surface area contributed by atoms with E-state index in [2.05, 4.69) is 0 Å². The predicted octanol–water partition coefficient (Wildman–Crippen LogP) is 0.452. The molecular formula is C12H34N2O5Si2.